The highest BCUT2D eigenvalue weighted by atomic mass is 35.5. The minimum Gasteiger partial charge on any atom is -0.397 e. The Labute approximate surface area is 127 Å². The quantitative estimate of drug-likeness (QED) is 0.864. The van der Waals surface area contributed by atoms with Gasteiger partial charge in [0, 0.05) is 19.5 Å². The van der Waals surface area contributed by atoms with Crippen LogP contribution in [0.2, 0.25) is 5.02 Å². The lowest BCUT2D eigenvalue weighted by atomic mass is 9.83. The molecule has 116 valence electrons. The summed E-state index contributed by atoms with van der Waals surface area (Å²) in [6.45, 7) is 0.929. The first kappa shape index (κ1) is 14.8. The fourth-order valence-corrected chi connectivity index (χ4v) is 3.31. The molecular weight excluding hydrogens is 300 g/mol. The second-order valence-corrected chi connectivity index (χ2v) is 6.30. The fraction of sp³-hybridized carbons (Fsp3) is 0.643. The fourth-order valence-electron chi connectivity index (χ4n) is 3.01. The van der Waals surface area contributed by atoms with Gasteiger partial charge in [0.2, 0.25) is 0 Å². The molecule has 7 heteroatoms. The molecule has 0 aromatic carbocycles. The molecule has 4 nitrogen and oxygen atoms in total. The van der Waals surface area contributed by atoms with Gasteiger partial charge in [-0.15, -0.1) is 0 Å². The highest BCUT2D eigenvalue weighted by molar-refractivity contribution is 6.33. The van der Waals surface area contributed by atoms with Crippen LogP contribution in [0.1, 0.15) is 25.7 Å². The lowest BCUT2D eigenvalue weighted by Crippen LogP contribution is -2.51. The molecule has 0 aliphatic carbocycles. The first-order valence-electron chi connectivity index (χ1n) is 7.07. The Morgan fingerprint density at radius 3 is 2.52 bits per heavy atom. The first-order chi connectivity index (χ1) is 9.89. The van der Waals surface area contributed by atoms with Gasteiger partial charge in [0.1, 0.15) is 12.4 Å². The van der Waals surface area contributed by atoms with Crippen molar-refractivity contribution in [3.8, 4) is 0 Å². The monoisotopic (exact) mass is 317 g/mol. The van der Waals surface area contributed by atoms with E-state index in [4.69, 9.17) is 22.1 Å². The molecule has 0 amide bonds. The summed E-state index contributed by atoms with van der Waals surface area (Å²) in [4.78, 5) is 6.32. The summed E-state index contributed by atoms with van der Waals surface area (Å²) >= 11 is 6.16. The topological polar surface area (TPSA) is 51.4 Å². The van der Waals surface area contributed by atoms with Gasteiger partial charge in [-0.1, -0.05) is 11.6 Å². The largest absolute Gasteiger partial charge is 0.397 e. The molecule has 2 aliphatic rings. The number of pyridine rings is 1. The summed E-state index contributed by atoms with van der Waals surface area (Å²) in [5, 5.41) is 0.516. The van der Waals surface area contributed by atoms with Crippen LogP contribution in [0.15, 0.2) is 12.3 Å². The summed E-state index contributed by atoms with van der Waals surface area (Å²) in [5.41, 5.74) is 5.76. The van der Waals surface area contributed by atoms with Crippen LogP contribution in [0, 0.1) is 0 Å². The molecule has 1 spiro atoms. The van der Waals surface area contributed by atoms with E-state index in [-0.39, 0.29) is 6.42 Å². The Hall–Kier alpha value is -1.14. The number of alkyl halides is 2. The summed E-state index contributed by atoms with van der Waals surface area (Å²) in [6.07, 6.45) is 3.32. The number of piperidine rings is 1. The van der Waals surface area contributed by atoms with Crippen molar-refractivity contribution in [1.82, 2.24) is 4.98 Å². The van der Waals surface area contributed by atoms with E-state index in [1.54, 1.807) is 12.3 Å². The molecule has 0 radical (unpaired) electrons. The molecule has 2 N–H and O–H groups in total. The molecule has 2 saturated heterocycles. The maximum atomic E-state index is 13.2. The van der Waals surface area contributed by atoms with E-state index in [1.807, 2.05) is 0 Å². The average molecular weight is 318 g/mol. The summed E-state index contributed by atoms with van der Waals surface area (Å²) < 4.78 is 31.9. The zero-order valence-electron chi connectivity index (χ0n) is 11.6. The predicted molar refractivity (Wildman–Crippen MR) is 78.0 cm³/mol. The van der Waals surface area contributed by atoms with Gasteiger partial charge in [0.05, 0.1) is 22.5 Å². The second-order valence-electron chi connectivity index (χ2n) is 5.89. The van der Waals surface area contributed by atoms with Gasteiger partial charge in [0.25, 0.3) is 5.92 Å². The summed E-state index contributed by atoms with van der Waals surface area (Å²) in [5.74, 6) is -1.98. The molecule has 0 atom stereocenters. The van der Waals surface area contributed by atoms with E-state index in [0.717, 1.165) is 0 Å². The molecule has 3 heterocycles. The number of hydrogen-bond acceptors (Lipinski definition) is 4. The van der Waals surface area contributed by atoms with Crippen molar-refractivity contribution < 1.29 is 13.5 Å². The third-order valence-electron chi connectivity index (χ3n) is 4.35. The molecule has 0 saturated carbocycles. The Balaban J connectivity index is 1.65. The predicted octanol–water partition coefficient (Wildman–Crippen LogP) is 3.10. The van der Waals surface area contributed by atoms with Crippen LogP contribution in [-0.2, 0) is 4.74 Å². The molecule has 0 bridgehead atoms. The van der Waals surface area contributed by atoms with Gasteiger partial charge >= 0.3 is 0 Å². The summed E-state index contributed by atoms with van der Waals surface area (Å²) in [7, 11) is 0. The number of ether oxygens (including phenoxy) is 1. The van der Waals surface area contributed by atoms with Gasteiger partial charge < -0.3 is 15.4 Å². The Bertz CT molecular complexity index is 521. The van der Waals surface area contributed by atoms with Gasteiger partial charge in [-0.3, -0.25) is 0 Å². The highest BCUT2D eigenvalue weighted by Gasteiger charge is 2.45. The lowest BCUT2D eigenvalue weighted by Gasteiger charge is -2.45. The Morgan fingerprint density at radius 2 is 1.95 bits per heavy atom. The third kappa shape index (κ3) is 3.06. The third-order valence-corrected chi connectivity index (χ3v) is 4.63. The number of anilines is 2. The van der Waals surface area contributed by atoms with Crippen molar-refractivity contribution in [1.29, 1.82) is 0 Å². The van der Waals surface area contributed by atoms with Crippen LogP contribution in [-0.4, -0.2) is 36.2 Å². The number of halogens is 3. The number of nitrogens with zero attached hydrogens (tertiary/aromatic N) is 2. The van der Waals surface area contributed by atoms with Crippen LogP contribution in [0.4, 0.5) is 20.3 Å². The SMILES string of the molecule is Nc1cnc(N2CCC3(CC2)CCC(F)(F)CO3)c(Cl)c1. The first-order valence-corrected chi connectivity index (χ1v) is 7.45. The van der Waals surface area contributed by atoms with E-state index in [2.05, 4.69) is 9.88 Å². The minimum atomic E-state index is -2.68. The maximum absolute atomic E-state index is 13.2. The average Bonchev–Trinajstić information content (AvgIpc) is 2.44. The van der Waals surface area contributed by atoms with Crippen molar-refractivity contribution in [2.45, 2.75) is 37.2 Å². The van der Waals surface area contributed by atoms with Crippen molar-refractivity contribution in [2.24, 2.45) is 0 Å². The molecule has 0 unspecified atom stereocenters. The molecular formula is C14H18ClF2N3O. The van der Waals surface area contributed by atoms with E-state index in [0.29, 0.717) is 48.9 Å². The molecule has 3 rings (SSSR count). The van der Waals surface area contributed by atoms with E-state index in [1.165, 1.54) is 0 Å². The lowest BCUT2D eigenvalue weighted by molar-refractivity contribution is -0.193. The second kappa shape index (κ2) is 5.25. The highest BCUT2D eigenvalue weighted by Crippen LogP contribution is 2.41. The molecule has 21 heavy (non-hydrogen) atoms. The molecule has 2 fully saturated rings. The molecule has 2 aliphatic heterocycles. The van der Waals surface area contributed by atoms with Crippen LogP contribution < -0.4 is 10.6 Å². The minimum absolute atomic E-state index is 0.0894. The van der Waals surface area contributed by atoms with Gasteiger partial charge in [-0.2, -0.15) is 0 Å². The van der Waals surface area contributed by atoms with Crippen molar-refractivity contribution in [2.75, 3.05) is 30.3 Å². The van der Waals surface area contributed by atoms with Crippen LogP contribution in [0.25, 0.3) is 0 Å². The Morgan fingerprint density at radius 1 is 1.24 bits per heavy atom. The number of nitrogen functional groups attached to an aromatic ring is 1. The van der Waals surface area contributed by atoms with E-state index in [9.17, 15) is 8.78 Å². The number of hydrogen-bond donors (Lipinski definition) is 1. The zero-order chi connectivity index (χ0) is 15.1. The summed E-state index contributed by atoms with van der Waals surface area (Å²) in [6, 6.07) is 1.67. The zero-order valence-corrected chi connectivity index (χ0v) is 12.4. The smallest absolute Gasteiger partial charge is 0.271 e. The van der Waals surface area contributed by atoms with E-state index < -0.39 is 18.1 Å². The number of rotatable bonds is 1. The van der Waals surface area contributed by atoms with Crippen molar-refractivity contribution in [3.05, 3.63) is 17.3 Å². The van der Waals surface area contributed by atoms with Gasteiger partial charge in [-0.05, 0) is 25.3 Å². The van der Waals surface area contributed by atoms with Crippen LogP contribution in [0.3, 0.4) is 0 Å². The standard InChI is InChI=1S/C14H18ClF2N3O/c15-11-7-10(18)8-19-12(11)20-5-3-13(4-6-20)1-2-14(16,17)9-21-13/h7-8H,1-6,9,18H2. The molecule has 1 aromatic heterocycles. The van der Waals surface area contributed by atoms with Gasteiger partial charge in [-0.25, -0.2) is 13.8 Å². The number of aromatic nitrogens is 1. The van der Waals surface area contributed by atoms with Crippen molar-refractivity contribution >= 4 is 23.1 Å². The Kier molecular flexibility index (Phi) is 3.69. The number of nitrogens with two attached hydrogens (primary N) is 1. The van der Waals surface area contributed by atoms with Crippen molar-refractivity contribution in [3.63, 3.8) is 0 Å². The van der Waals surface area contributed by atoms with E-state index >= 15 is 0 Å². The van der Waals surface area contributed by atoms with Crippen LogP contribution >= 0.6 is 11.6 Å². The van der Waals surface area contributed by atoms with Crippen LogP contribution in [0.5, 0.6) is 0 Å². The van der Waals surface area contributed by atoms with Gasteiger partial charge in [0.15, 0.2) is 0 Å². The maximum Gasteiger partial charge on any atom is 0.271 e. The normalized spacial score (nSPS) is 24.2. The molecule has 1 aromatic rings.